The van der Waals surface area contributed by atoms with Gasteiger partial charge in [-0.3, -0.25) is 9.59 Å². The molecule has 22 heavy (non-hydrogen) atoms. The first-order valence-electron chi connectivity index (χ1n) is 6.82. The fraction of sp³-hybridized carbons (Fsp3) is 0.571. The first-order valence-corrected chi connectivity index (χ1v) is 6.82. The molecule has 1 heterocycles. The number of hydrogen-bond acceptors (Lipinski definition) is 3. The molecule has 0 aromatic carbocycles. The van der Waals surface area contributed by atoms with Gasteiger partial charge >= 0.3 is 6.18 Å². The van der Waals surface area contributed by atoms with Crippen LogP contribution in [0.15, 0.2) is 23.1 Å². The SMILES string of the molecule is CC(O)CC(C)CNC(=O)Cn1cccc(C(F)(F)F)c1=O. The van der Waals surface area contributed by atoms with Gasteiger partial charge in [-0.1, -0.05) is 6.92 Å². The monoisotopic (exact) mass is 320 g/mol. The lowest BCUT2D eigenvalue weighted by atomic mass is 10.0. The third kappa shape index (κ3) is 5.51. The fourth-order valence-corrected chi connectivity index (χ4v) is 2.04. The summed E-state index contributed by atoms with van der Waals surface area (Å²) in [4.78, 5) is 23.4. The number of nitrogens with one attached hydrogen (secondary N) is 1. The zero-order chi connectivity index (χ0) is 16.9. The first kappa shape index (κ1) is 18.2. The second kappa shape index (κ2) is 7.44. The molecule has 0 bridgehead atoms. The molecule has 0 saturated heterocycles. The number of aliphatic hydroxyl groups is 1. The number of amides is 1. The third-order valence-corrected chi connectivity index (χ3v) is 3.03. The Morgan fingerprint density at radius 3 is 2.59 bits per heavy atom. The van der Waals surface area contributed by atoms with Crippen molar-refractivity contribution in [3.63, 3.8) is 0 Å². The molecule has 1 aromatic rings. The van der Waals surface area contributed by atoms with E-state index in [1.165, 1.54) is 0 Å². The highest BCUT2D eigenvalue weighted by atomic mass is 19.4. The van der Waals surface area contributed by atoms with Gasteiger partial charge in [0.2, 0.25) is 5.91 Å². The van der Waals surface area contributed by atoms with Crippen molar-refractivity contribution in [2.24, 2.45) is 5.92 Å². The van der Waals surface area contributed by atoms with Crippen LogP contribution in [-0.2, 0) is 17.5 Å². The van der Waals surface area contributed by atoms with Gasteiger partial charge in [0.05, 0.1) is 6.10 Å². The molecular weight excluding hydrogens is 301 g/mol. The lowest BCUT2D eigenvalue weighted by Gasteiger charge is -2.15. The summed E-state index contributed by atoms with van der Waals surface area (Å²) in [5, 5.41) is 11.7. The van der Waals surface area contributed by atoms with Gasteiger partial charge in [-0.05, 0) is 31.4 Å². The van der Waals surface area contributed by atoms with Gasteiger partial charge in [-0.25, -0.2) is 0 Å². The Balaban J connectivity index is 2.68. The number of alkyl halides is 3. The molecule has 1 rings (SSSR count). The predicted molar refractivity (Wildman–Crippen MR) is 74.2 cm³/mol. The Morgan fingerprint density at radius 1 is 1.41 bits per heavy atom. The molecule has 2 atom stereocenters. The minimum absolute atomic E-state index is 0.0159. The molecule has 124 valence electrons. The number of rotatable bonds is 6. The Kier molecular flexibility index (Phi) is 6.16. The van der Waals surface area contributed by atoms with Gasteiger partial charge < -0.3 is 15.0 Å². The maximum atomic E-state index is 12.6. The summed E-state index contributed by atoms with van der Waals surface area (Å²) < 4.78 is 38.5. The summed E-state index contributed by atoms with van der Waals surface area (Å²) in [6.07, 6.45) is -3.62. The maximum absolute atomic E-state index is 12.6. The Hall–Kier alpha value is -1.83. The van der Waals surface area contributed by atoms with E-state index in [1.807, 2.05) is 6.92 Å². The van der Waals surface area contributed by atoms with Crippen LogP contribution in [0, 0.1) is 5.92 Å². The smallest absolute Gasteiger partial charge is 0.393 e. The van der Waals surface area contributed by atoms with Crippen molar-refractivity contribution in [2.75, 3.05) is 6.54 Å². The molecule has 0 spiro atoms. The van der Waals surface area contributed by atoms with E-state index in [2.05, 4.69) is 5.32 Å². The van der Waals surface area contributed by atoms with Gasteiger partial charge in [0.1, 0.15) is 12.1 Å². The van der Waals surface area contributed by atoms with Gasteiger partial charge in [0.15, 0.2) is 0 Å². The van der Waals surface area contributed by atoms with Crippen LogP contribution in [0.2, 0.25) is 0 Å². The van der Waals surface area contributed by atoms with E-state index < -0.39 is 35.9 Å². The normalized spacial score (nSPS) is 14.5. The summed E-state index contributed by atoms with van der Waals surface area (Å²) in [7, 11) is 0. The molecule has 0 radical (unpaired) electrons. The summed E-state index contributed by atoms with van der Waals surface area (Å²) in [5.74, 6) is -0.541. The van der Waals surface area contributed by atoms with E-state index >= 15 is 0 Å². The van der Waals surface area contributed by atoms with Crippen LogP contribution in [0.25, 0.3) is 0 Å². The number of hydrogen-bond donors (Lipinski definition) is 2. The highest BCUT2D eigenvalue weighted by molar-refractivity contribution is 5.75. The van der Waals surface area contributed by atoms with E-state index in [4.69, 9.17) is 0 Å². The average Bonchev–Trinajstić information content (AvgIpc) is 2.36. The van der Waals surface area contributed by atoms with Crippen LogP contribution < -0.4 is 10.9 Å². The highest BCUT2D eigenvalue weighted by Gasteiger charge is 2.34. The highest BCUT2D eigenvalue weighted by Crippen LogP contribution is 2.25. The van der Waals surface area contributed by atoms with Crippen molar-refractivity contribution >= 4 is 5.91 Å². The lowest BCUT2D eigenvalue weighted by Crippen LogP contribution is -2.36. The standard InChI is InChI=1S/C14H19F3N2O3/c1-9(6-10(2)20)7-18-12(21)8-19-5-3-4-11(13(19)22)14(15,16)17/h3-5,9-10,20H,6-8H2,1-2H3,(H,18,21). The molecule has 2 N–H and O–H groups in total. The summed E-state index contributed by atoms with van der Waals surface area (Å²) in [5.41, 5.74) is -2.55. The third-order valence-electron chi connectivity index (χ3n) is 3.03. The summed E-state index contributed by atoms with van der Waals surface area (Å²) >= 11 is 0. The van der Waals surface area contributed by atoms with Gasteiger partial charge in [0.25, 0.3) is 5.56 Å². The quantitative estimate of drug-likeness (QED) is 0.832. The molecule has 1 aromatic heterocycles. The number of aromatic nitrogens is 1. The topological polar surface area (TPSA) is 71.3 Å². The van der Waals surface area contributed by atoms with Crippen LogP contribution in [0.1, 0.15) is 25.8 Å². The van der Waals surface area contributed by atoms with Crippen LogP contribution >= 0.6 is 0 Å². The zero-order valence-electron chi connectivity index (χ0n) is 12.4. The summed E-state index contributed by atoms with van der Waals surface area (Å²) in [6, 6.07) is 1.76. The second-order valence-corrected chi connectivity index (χ2v) is 5.35. The van der Waals surface area contributed by atoms with Crippen LogP contribution in [0.4, 0.5) is 13.2 Å². The molecule has 1 amide bonds. The van der Waals surface area contributed by atoms with Crippen molar-refractivity contribution < 1.29 is 23.1 Å². The number of pyridine rings is 1. The van der Waals surface area contributed by atoms with Crippen molar-refractivity contribution in [3.05, 3.63) is 34.2 Å². The Labute approximate surface area is 125 Å². The zero-order valence-corrected chi connectivity index (χ0v) is 12.4. The number of halogens is 3. The summed E-state index contributed by atoms with van der Waals surface area (Å²) in [6.45, 7) is 3.24. The first-order chi connectivity index (χ1) is 10.1. The van der Waals surface area contributed by atoms with Crippen molar-refractivity contribution in [1.29, 1.82) is 0 Å². The van der Waals surface area contributed by atoms with Crippen LogP contribution in [0.3, 0.4) is 0 Å². The minimum Gasteiger partial charge on any atom is -0.393 e. The number of carbonyl (C=O) groups is 1. The van der Waals surface area contributed by atoms with Crippen molar-refractivity contribution in [2.45, 2.75) is 39.1 Å². The Morgan fingerprint density at radius 2 is 2.05 bits per heavy atom. The molecule has 5 nitrogen and oxygen atoms in total. The lowest BCUT2D eigenvalue weighted by molar-refractivity contribution is -0.139. The average molecular weight is 320 g/mol. The molecule has 8 heteroatoms. The van der Waals surface area contributed by atoms with E-state index in [1.54, 1.807) is 6.92 Å². The fourth-order valence-electron chi connectivity index (χ4n) is 2.04. The second-order valence-electron chi connectivity index (χ2n) is 5.35. The molecule has 0 fully saturated rings. The van der Waals surface area contributed by atoms with Crippen molar-refractivity contribution in [3.8, 4) is 0 Å². The van der Waals surface area contributed by atoms with E-state index in [-0.39, 0.29) is 12.5 Å². The van der Waals surface area contributed by atoms with Crippen LogP contribution in [-0.4, -0.2) is 28.2 Å². The van der Waals surface area contributed by atoms with E-state index in [0.29, 0.717) is 12.5 Å². The van der Waals surface area contributed by atoms with Gasteiger partial charge in [0, 0.05) is 12.7 Å². The number of aliphatic hydroxyl groups excluding tert-OH is 1. The molecule has 0 aliphatic carbocycles. The largest absolute Gasteiger partial charge is 0.421 e. The minimum atomic E-state index is -4.75. The molecule has 2 unspecified atom stereocenters. The van der Waals surface area contributed by atoms with Crippen LogP contribution in [0.5, 0.6) is 0 Å². The Bertz CT molecular complexity index is 567. The van der Waals surface area contributed by atoms with Gasteiger partial charge in [-0.15, -0.1) is 0 Å². The maximum Gasteiger partial charge on any atom is 0.421 e. The molecule has 0 saturated carbocycles. The van der Waals surface area contributed by atoms with Crippen molar-refractivity contribution in [1.82, 2.24) is 9.88 Å². The molecular formula is C14H19F3N2O3. The molecule has 0 aliphatic heterocycles. The van der Waals surface area contributed by atoms with Gasteiger partial charge in [-0.2, -0.15) is 13.2 Å². The van der Waals surface area contributed by atoms with E-state index in [9.17, 15) is 27.9 Å². The molecule has 0 aliphatic rings. The van der Waals surface area contributed by atoms with E-state index in [0.717, 1.165) is 16.8 Å². The number of nitrogens with zero attached hydrogens (tertiary/aromatic N) is 1. The number of carbonyl (C=O) groups excluding carboxylic acids is 1. The predicted octanol–water partition coefficient (Wildman–Crippen LogP) is 1.39.